The van der Waals surface area contributed by atoms with Crippen LogP contribution in [0, 0.1) is 0 Å². The van der Waals surface area contributed by atoms with E-state index in [2.05, 4.69) is 27.8 Å². The van der Waals surface area contributed by atoms with E-state index in [1.165, 1.54) is 11.1 Å². The number of halogens is 1. The second-order valence-corrected chi connectivity index (χ2v) is 5.45. The van der Waals surface area contributed by atoms with Crippen LogP contribution in [-0.2, 0) is 13.0 Å². The fourth-order valence-corrected chi connectivity index (χ4v) is 3.10. The third kappa shape index (κ3) is 2.37. The standard InChI is InChI=1S/C13H13ClN2S/c14-10-2-3-12-9(5-10)1-4-13(12)15-6-11-7-17-8-16-11/h2-3,5,7-8,13,15H,1,4,6H2. The summed E-state index contributed by atoms with van der Waals surface area (Å²) in [6, 6.07) is 6.65. The van der Waals surface area contributed by atoms with Crippen LogP contribution in [0.2, 0.25) is 5.02 Å². The van der Waals surface area contributed by atoms with Crippen molar-refractivity contribution in [3.05, 3.63) is 50.9 Å². The van der Waals surface area contributed by atoms with E-state index in [1.807, 2.05) is 11.6 Å². The fraction of sp³-hybridized carbons (Fsp3) is 0.308. The molecule has 1 aliphatic carbocycles. The van der Waals surface area contributed by atoms with Crippen LogP contribution in [0.15, 0.2) is 29.1 Å². The van der Waals surface area contributed by atoms with Gasteiger partial charge in [-0.3, -0.25) is 0 Å². The third-order valence-electron chi connectivity index (χ3n) is 3.20. The average molecular weight is 265 g/mol. The van der Waals surface area contributed by atoms with Crippen molar-refractivity contribution >= 4 is 22.9 Å². The van der Waals surface area contributed by atoms with Crippen molar-refractivity contribution in [1.82, 2.24) is 10.3 Å². The van der Waals surface area contributed by atoms with Crippen molar-refractivity contribution in [2.24, 2.45) is 0 Å². The molecule has 0 fully saturated rings. The summed E-state index contributed by atoms with van der Waals surface area (Å²) in [6.07, 6.45) is 2.27. The maximum atomic E-state index is 6.00. The van der Waals surface area contributed by atoms with Gasteiger partial charge in [0.1, 0.15) is 0 Å². The van der Waals surface area contributed by atoms with Crippen molar-refractivity contribution in [1.29, 1.82) is 0 Å². The third-order valence-corrected chi connectivity index (χ3v) is 4.07. The number of hydrogen-bond donors (Lipinski definition) is 1. The number of rotatable bonds is 3. The van der Waals surface area contributed by atoms with Gasteiger partial charge in [-0.05, 0) is 36.1 Å². The zero-order valence-electron chi connectivity index (χ0n) is 9.32. The predicted molar refractivity (Wildman–Crippen MR) is 71.5 cm³/mol. The lowest BCUT2D eigenvalue weighted by atomic mass is 10.1. The first kappa shape index (κ1) is 11.2. The molecule has 1 aliphatic rings. The highest BCUT2D eigenvalue weighted by Crippen LogP contribution is 2.32. The Labute approximate surface area is 110 Å². The lowest BCUT2D eigenvalue weighted by Crippen LogP contribution is -2.18. The van der Waals surface area contributed by atoms with Crippen molar-refractivity contribution in [3.8, 4) is 0 Å². The molecule has 0 spiro atoms. The monoisotopic (exact) mass is 264 g/mol. The van der Waals surface area contributed by atoms with Gasteiger partial charge in [0.25, 0.3) is 0 Å². The van der Waals surface area contributed by atoms with E-state index < -0.39 is 0 Å². The number of hydrogen-bond acceptors (Lipinski definition) is 3. The van der Waals surface area contributed by atoms with Gasteiger partial charge >= 0.3 is 0 Å². The number of aromatic nitrogens is 1. The summed E-state index contributed by atoms with van der Waals surface area (Å²) in [6.45, 7) is 0.843. The summed E-state index contributed by atoms with van der Waals surface area (Å²) < 4.78 is 0. The Balaban J connectivity index is 1.71. The Morgan fingerprint density at radius 1 is 1.47 bits per heavy atom. The quantitative estimate of drug-likeness (QED) is 0.917. The molecule has 0 saturated carbocycles. The van der Waals surface area contributed by atoms with Crippen LogP contribution in [0.1, 0.15) is 29.3 Å². The van der Waals surface area contributed by atoms with Crippen LogP contribution in [0.3, 0.4) is 0 Å². The molecule has 1 aromatic heterocycles. The van der Waals surface area contributed by atoms with Crippen molar-refractivity contribution < 1.29 is 0 Å². The highest BCUT2D eigenvalue weighted by molar-refractivity contribution is 7.07. The van der Waals surface area contributed by atoms with Crippen LogP contribution in [0.5, 0.6) is 0 Å². The maximum absolute atomic E-state index is 6.00. The minimum absolute atomic E-state index is 0.448. The average Bonchev–Trinajstić information content (AvgIpc) is 2.94. The Morgan fingerprint density at radius 3 is 3.24 bits per heavy atom. The largest absolute Gasteiger partial charge is 0.304 e. The van der Waals surface area contributed by atoms with E-state index in [0.29, 0.717) is 6.04 Å². The molecule has 0 aliphatic heterocycles. The topological polar surface area (TPSA) is 24.9 Å². The lowest BCUT2D eigenvalue weighted by molar-refractivity contribution is 0.526. The van der Waals surface area contributed by atoms with Gasteiger partial charge in [0, 0.05) is 23.0 Å². The van der Waals surface area contributed by atoms with Crippen molar-refractivity contribution in [2.75, 3.05) is 0 Å². The minimum Gasteiger partial charge on any atom is -0.304 e. The molecule has 0 amide bonds. The first-order valence-corrected chi connectivity index (χ1v) is 7.04. The molecular weight excluding hydrogens is 252 g/mol. The van der Waals surface area contributed by atoms with E-state index in [9.17, 15) is 0 Å². The molecule has 0 radical (unpaired) electrons. The Kier molecular flexibility index (Phi) is 3.14. The summed E-state index contributed by atoms with van der Waals surface area (Å²) in [5, 5.41) is 6.49. The highest BCUT2D eigenvalue weighted by Gasteiger charge is 2.21. The molecule has 2 aromatic rings. The number of nitrogens with zero attached hydrogens (tertiary/aromatic N) is 1. The second-order valence-electron chi connectivity index (χ2n) is 4.30. The van der Waals surface area contributed by atoms with Gasteiger partial charge in [0.15, 0.2) is 0 Å². The van der Waals surface area contributed by atoms with E-state index in [1.54, 1.807) is 11.3 Å². The summed E-state index contributed by atoms with van der Waals surface area (Å²) in [7, 11) is 0. The normalized spacial score (nSPS) is 18.3. The Bertz CT molecular complexity index is 510. The zero-order chi connectivity index (χ0) is 11.7. The van der Waals surface area contributed by atoms with E-state index in [-0.39, 0.29) is 0 Å². The van der Waals surface area contributed by atoms with Crippen LogP contribution in [-0.4, -0.2) is 4.98 Å². The van der Waals surface area contributed by atoms with Crippen LogP contribution in [0.4, 0.5) is 0 Å². The van der Waals surface area contributed by atoms with E-state index in [4.69, 9.17) is 11.6 Å². The fourth-order valence-electron chi connectivity index (χ4n) is 2.35. The minimum atomic E-state index is 0.448. The molecule has 3 rings (SSSR count). The molecule has 4 heteroatoms. The Morgan fingerprint density at radius 2 is 2.41 bits per heavy atom. The molecule has 17 heavy (non-hydrogen) atoms. The number of fused-ring (bicyclic) bond motifs is 1. The van der Waals surface area contributed by atoms with Gasteiger partial charge in [0.2, 0.25) is 0 Å². The molecule has 1 unspecified atom stereocenters. The van der Waals surface area contributed by atoms with Crippen LogP contribution < -0.4 is 5.32 Å². The first-order chi connectivity index (χ1) is 8.33. The van der Waals surface area contributed by atoms with E-state index in [0.717, 1.165) is 30.1 Å². The molecule has 2 nitrogen and oxygen atoms in total. The SMILES string of the molecule is Clc1ccc2c(c1)CCC2NCc1cscn1. The summed E-state index contributed by atoms with van der Waals surface area (Å²) in [4.78, 5) is 4.28. The van der Waals surface area contributed by atoms with Gasteiger partial charge in [-0.15, -0.1) is 11.3 Å². The number of nitrogens with one attached hydrogen (secondary N) is 1. The first-order valence-electron chi connectivity index (χ1n) is 5.72. The van der Waals surface area contributed by atoms with Crippen molar-refractivity contribution in [3.63, 3.8) is 0 Å². The summed E-state index contributed by atoms with van der Waals surface area (Å²) in [5.41, 5.74) is 5.77. The Hall–Kier alpha value is -0.900. The van der Waals surface area contributed by atoms with E-state index >= 15 is 0 Å². The maximum Gasteiger partial charge on any atom is 0.0795 e. The molecule has 1 atom stereocenters. The van der Waals surface area contributed by atoms with Crippen LogP contribution in [0.25, 0.3) is 0 Å². The number of benzene rings is 1. The predicted octanol–water partition coefficient (Wildman–Crippen LogP) is 3.57. The van der Waals surface area contributed by atoms with Gasteiger partial charge in [0.05, 0.1) is 11.2 Å². The van der Waals surface area contributed by atoms with Gasteiger partial charge in [-0.2, -0.15) is 0 Å². The van der Waals surface area contributed by atoms with Crippen LogP contribution >= 0.6 is 22.9 Å². The molecule has 1 N–H and O–H groups in total. The molecule has 1 aromatic carbocycles. The molecular formula is C13H13ClN2S. The number of thiazole rings is 1. The summed E-state index contributed by atoms with van der Waals surface area (Å²) >= 11 is 7.64. The van der Waals surface area contributed by atoms with Crippen molar-refractivity contribution in [2.45, 2.75) is 25.4 Å². The van der Waals surface area contributed by atoms with Gasteiger partial charge < -0.3 is 5.32 Å². The summed E-state index contributed by atoms with van der Waals surface area (Å²) in [5.74, 6) is 0. The molecule has 0 bridgehead atoms. The molecule has 88 valence electrons. The second kappa shape index (κ2) is 4.77. The van der Waals surface area contributed by atoms with Gasteiger partial charge in [-0.1, -0.05) is 17.7 Å². The number of aryl methyl sites for hydroxylation is 1. The lowest BCUT2D eigenvalue weighted by Gasteiger charge is -2.13. The highest BCUT2D eigenvalue weighted by atomic mass is 35.5. The molecule has 1 heterocycles. The zero-order valence-corrected chi connectivity index (χ0v) is 10.9. The van der Waals surface area contributed by atoms with Gasteiger partial charge in [-0.25, -0.2) is 4.98 Å². The molecule has 0 saturated heterocycles. The smallest absolute Gasteiger partial charge is 0.0795 e.